The van der Waals surface area contributed by atoms with Gasteiger partial charge in [-0.05, 0) is 74.2 Å². The number of hydrogen-bond donors (Lipinski definition) is 1. The summed E-state index contributed by atoms with van der Waals surface area (Å²) in [6.45, 7) is 3.90. The number of aromatic nitrogens is 3. The third-order valence-corrected chi connectivity index (χ3v) is 6.75. The number of benzene rings is 2. The Kier molecular flexibility index (Phi) is 5.33. The fourth-order valence-electron chi connectivity index (χ4n) is 3.27. The van der Waals surface area contributed by atoms with Gasteiger partial charge in [0.05, 0.1) is 11.4 Å². The van der Waals surface area contributed by atoms with Crippen LogP contribution in [0.25, 0.3) is 11.4 Å². The van der Waals surface area contributed by atoms with Gasteiger partial charge < -0.3 is 0 Å². The van der Waals surface area contributed by atoms with Gasteiger partial charge in [0.15, 0.2) is 5.82 Å². The summed E-state index contributed by atoms with van der Waals surface area (Å²) in [7, 11) is -3.69. The molecule has 3 aromatic rings. The fourth-order valence-corrected chi connectivity index (χ4v) is 4.38. The van der Waals surface area contributed by atoms with E-state index >= 15 is 0 Å². The zero-order valence-corrected chi connectivity index (χ0v) is 17.6. The summed E-state index contributed by atoms with van der Waals surface area (Å²) in [5.74, 6) is 0.110. The average molecular weight is 431 g/mol. The predicted octanol–water partition coefficient (Wildman–Crippen LogP) is 2.78. The monoisotopic (exact) mass is 430 g/mol. The number of rotatable bonds is 7. The summed E-state index contributed by atoms with van der Waals surface area (Å²) >= 11 is 0. The van der Waals surface area contributed by atoms with Gasteiger partial charge in [0, 0.05) is 18.2 Å². The number of sulfonamides is 1. The Morgan fingerprint density at radius 2 is 1.80 bits per heavy atom. The van der Waals surface area contributed by atoms with Gasteiger partial charge in [-0.2, -0.15) is 0 Å². The Morgan fingerprint density at radius 3 is 2.43 bits per heavy atom. The number of halogens is 1. The first-order valence-corrected chi connectivity index (χ1v) is 11.3. The van der Waals surface area contributed by atoms with E-state index < -0.39 is 10.0 Å². The van der Waals surface area contributed by atoms with Crippen molar-refractivity contribution in [1.82, 2.24) is 19.1 Å². The molecule has 1 aliphatic rings. The van der Waals surface area contributed by atoms with Crippen LogP contribution in [0, 0.1) is 19.7 Å². The molecule has 2 aromatic carbocycles. The second kappa shape index (κ2) is 7.81. The van der Waals surface area contributed by atoms with Crippen LogP contribution in [0.15, 0.2) is 52.2 Å². The fraction of sp³-hybridized carbons (Fsp3) is 0.333. The van der Waals surface area contributed by atoms with E-state index in [9.17, 15) is 17.6 Å². The molecule has 1 heterocycles. The maximum atomic E-state index is 13.3. The number of nitrogens with one attached hydrogen (secondary N) is 1. The van der Waals surface area contributed by atoms with Crippen LogP contribution in [0.5, 0.6) is 0 Å². The third-order valence-electron chi connectivity index (χ3n) is 5.29. The molecule has 0 saturated heterocycles. The normalized spacial score (nSPS) is 14.2. The number of hydrogen-bond acceptors (Lipinski definition) is 4. The zero-order chi connectivity index (χ0) is 21.5. The van der Waals surface area contributed by atoms with Crippen LogP contribution in [0.4, 0.5) is 4.39 Å². The first kappa shape index (κ1) is 20.5. The van der Waals surface area contributed by atoms with E-state index in [2.05, 4.69) is 9.82 Å². The molecule has 0 spiro atoms. The molecule has 1 aromatic heterocycles. The highest BCUT2D eigenvalue weighted by Crippen LogP contribution is 2.36. The van der Waals surface area contributed by atoms with Crippen LogP contribution in [-0.4, -0.2) is 29.3 Å². The lowest BCUT2D eigenvalue weighted by Crippen LogP contribution is -2.32. The van der Waals surface area contributed by atoms with Gasteiger partial charge in [0.2, 0.25) is 10.0 Å². The lowest BCUT2D eigenvalue weighted by molar-refractivity contribution is 0.547. The lowest BCUT2D eigenvalue weighted by atomic mass is 10.1. The summed E-state index contributed by atoms with van der Waals surface area (Å²) in [5.41, 5.74) is 2.26. The Hall–Kier alpha value is -2.78. The van der Waals surface area contributed by atoms with Crippen LogP contribution in [0.3, 0.4) is 0 Å². The topological polar surface area (TPSA) is 86.0 Å². The van der Waals surface area contributed by atoms with Crippen LogP contribution in [0.1, 0.15) is 30.0 Å². The molecule has 158 valence electrons. The van der Waals surface area contributed by atoms with Crippen LogP contribution >= 0.6 is 0 Å². The minimum Gasteiger partial charge on any atom is -0.272 e. The minimum atomic E-state index is -3.69. The molecule has 4 rings (SSSR count). The standard InChI is InChI=1S/C21H23FN4O3S/c1-14-3-10-19(13-15(14)2)30(28,29)23-11-12-25-21(27)26(18-8-9-18)20(24-25)16-4-6-17(22)7-5-16/h3-7,10,13,18,23H,8-9,11-12H2,1-2H3. The van der Waals surface area contributed by atoms with Crippen LogP contribution < -0.4 is 10.4 Å². The van der Waals surface area contributed by atoms with Crippen molar-refractivity contribution in [3.63, 3.8) is 0 Å². The van der Waals surface area contributed by atoms with Crippen LogP contribution in [-0.2, 0) is 16.6 Å². The molecule has 9 heteroatoms. The molecule has 1 saturated carbocycles. The molecule has 0 amide bonds. The maximum Gasteiger partial charge on any atom is 0.346 e. The smallest absolute Gasteiger partial charge is 0.272 e. The van der Waals surface area contributed by atoms with Crippen molar-refractivity contribution >= 4 is 10.0 Å². The van der Waals surface area contributed by atoms with E-state index in [0.717, 1.165) is 24.0 Å². The van der Waals surface area contributed by atoms with E-state index in [1.54, 1.807) is 34.9 Å². The molecule has 1 aliphatic carbocycles. The van der Waals surface area contributed by atoms with E-state index in [1.165, 1.54) is 16.8 Å². The molecule has 1 N–H and O–H groups in total. The van der Waals surface area contributed by atoms with Crippen molar-refractivity contribution in [1.29, 1.82) is 0 Å². The van der Waals surface area contributed by atoms with Crippen molar-refractivity contribution in [3.05, 3.63) is 69.9 Å². The summed E-state index contributed by atoms with van der Waals surface area (Å²) in [5, 5.41) is 4.40. The Labute approximate surface area is 174 Å². The van der Waals surface area contributed by atoms with Crippen molar-refractivity contribution in [2.24, 2.45) is 0 Å². The van der Waals surface area contributed by atoms with E-state index in [-0.39, 0.29) is 35.5 Å². The summed E-state index contributed by atoms with van der Waals surface area (Å²) in [4.78, 5) is 13.0. The SMILES string of the molecule is Cc1ccc(S(=O)(=O)NCCn2nc(-c3ccc(F)cc3)n(C3CC3)c2=O)cc1C. The van der Waals surface area contributed by atoms with E-state index in [0.29, 0.717) is 11.4 Å². The second-order valence-electron chi connectivity index (χ2n) is 7.58. The lowest BCUT2D eigenvalue weighted by Gasteiger charge is -2.08. The van der Waals surface area contributed by atoms with Gasteiger partial charge >= 0.3 is 5.69 Å². The molecule has 30 heavy (non-hydrogen) atoms. The van der Waals surface area contributed by atoms with Crippen molar-refractivity contribution < 1.29 is 12.8 Å². The first-order chi connectivity index (χ1) is 14.3. The molecule has 0 aliphatic heterocycles. The summed E-state index contributed by atoms with van der Waals surface area (Å²) < 4.78 is 43.8. The molecule has 0 atom stereocenters. The highest BCUT2D eigenvalue weighted by atomic mass is 32.2. The zero-order valence-electron chi connectivity index (χ0n) is 16.8. The van der Waals surface area contributed by atoms with Gasteiger partial charge in [0.25, 0.3) is 0 Å². The molecule has 0 radical (unpaired) electrons. The van der Waals surface area contributed by atoms with Gasteiger partial charge in [0.1, 0.15) is 5.82 Å². The molecule has 1 fully saturated rings. The van der Waals surface area contributed by atoms with Crippen LogP contribution in [0.2, 0.25) is 0 Å². The van der Waals surface area contributed by atoms with Gasteiger partial charge in [-0.15, -0.1) is 5.10 Å². The molecule has 0 unspecified atom stereocenters. The molecule has 7 nitrogen and oxygen atoms in total. The van der Waals surface area contributed by atoms with Gasteiger partial charge in [-0.1, -0.05) is 6.07 Å². The second-order valence-corrected chi connectivity index (χ2v) is 9.35. The molecular weight excluding hydrogens is 407 g/mol. The predicted molar refractivity (Wildman–Crippen MR) is 111 cm³/mol. The minimum absolute atomic E-state index is 0.0275. The highest BCUT2D eigenvalue weighted by Gasteiger charge is 2.30. The summed E-state index contributed by atoms with van der Waals surface area (Å²) in [6.07, 6.45) is 1.78. The number of nitrogens with zero attached hydrogens (tertiary/aromatic N) is 3. The van der Waals surface area contributed by atoms with Crippen molar-refractivity contribution in [3.8, 4) is 11.4 Å². The average Bonchev–Trinajstić information content (AvgIpc) is 3.49. The molecular formula is C21H23FN4O3S. The Bertz CT molecular complexity index is 1240. The quantitative estimate of drug-likeness (QED) is 0.625. The molecule has 0 bridgehead atoms. The summed E-state index contributed by atoms with van der Waals surface area (Å²) in [6, 6.07) is 10.9. The first-order valence-electron chi connectivity index (χ1n) is 9.78. The van der Waals surface area contributed by atoms with Crippen molar-refractivity contribution in [2.45, 2.75) is 44.2 Å². The largest absolute Gasteiger partial charge is 0.346 e. The highest BCUT2D eigenvalue weighted by molar-refractivity contribution is 7.89. The van der Waals surface area contributed by atoms with Gasteiger partial charge in [-0.25, -0.2) is 27.0 Å². The Balaban J connectivity index is 1.54. The maximum absolute atomic E-state index is 13.3. The van der Waals surface area contributed by atoms with Gasteiger partial charge in [-0.3, -0.25) is 4.57 Å². The third kappa shape index (κ3) is 4.08. The van der Waals surface area contributed by atoms with E-state index in [4.69, 9.17) is 0 Å². The number of aryl methyl sites for hydroxylation is 2. The Morgan fingerprint density at radius 1 is 1.10 bits per heavy atom. The van der Waals surface area contributed by atoms with E-state index in [1.807, 2.05) is 13.8 Å². The van der Waals surface area contributed by atoms with Crippen molar-refractivity contribution in [2.75, 3.05) is 6.54 Å².